The van der Waals surface area contributed by atoms with E-state index in [1.165, 1.54) is 0 Å². The van der Waals surface area contributed by atoms with E-state index in [-0.39, 0.29) is 12.6 Å². The van der Waals surface area contributed by atoms with Gasteiger partial charge in [0, 0.05) is 4.47 Å². The predicted molar refractivity (Wildman–Crippen MR) is 62.3 cm³/mol. The Morgan fingerprint density at radius 1 is 1.43 bits per heavy atom. The summed E-state index contributed by atoms with van der Waals surface area (Å²) < 4.78 is 1.04. The van der Waals surface area contributed by atoms with Gasteiger partial charge in [-0.2, -0.15) is 0 Å². The highest BCUT2D eigenvalue weighted by atomic mass is 79.9. The first kappa shape index (κ1) is 11.7. The summed E-state index contributed by atoms with van der Waals surface area (Å²) in [6.45, 7) is 3.16. The van der Waals surface area contributed by atoms with Crippen LogP contribution in [0, 0.1) is 0 Å². The Bertz CT molecular complexity index is 278. The number of nitrogens with one attached hydrogen (secondary N) is 1. The molecule has 0 radical (unpaired) electrons. The van der Waals surface area contributed by atoms with Crippen molar-refractivity contribution in [3.63, 3.8) is 0 Å². The monoisotopic (exact) mass is 257 g/mol. The minimum absolute atomic E-state index is 0.0329. The first-order valence-electron chi connectivity index (χ1n) is 4.88. The quantitative estimate of drug-likeness (QED) is 0.850. The lowest BCUT2D eigenvalue weighted by Crippen LogP contribution is -2.25. The second kappa shape index (κ2) is 6.17. The molecule has 0 fully saturated rings. The van der Waals surface area contributed by atoms with Gasteiger partial charge in [0.15, 0.2) is 0 Å². The molecule has 1 unspecified atom stereocenters. The Morgan fingerprint density at radius 2 is 2.14 bits per heavy atom. The van der Waals surface area contributed by atoms with Crippen molar-refractivity contribution in [3.05, 3.63) is 34.3 Å². The minimum Gasteiger partial charge on any atom is -0.394 e. The molecule has 3 heteroatoms. The molecule has 2 N–H and O–H groups in total. The fraction of sp³-hybridized carbons (Fsp3) is 0.455. The minimum atomic E-state index is 0.0329. The molecule has 1 rings (SSSR count). The molecule has 0 aliphatic carbocycles. The molecule has 1 aromatic rings. The van der Waals surface area contributed by atoms with Crippen LogP contribution in [0.4, 0.5) is 0 Å². The fourth-order valence-electron chi connectivity index (χ4n) is 1.35. The van der Waals surface area contributed by atoms with E-state index < -0.39 is 0 Å². The average molecular weight is 258 g/mol. The zero-order valence-corrected chi connectivity index (χ0v) is 9.92. The van der Waals surface area contributed by atoms with Gasteiger partial charge in [0.2, 0.25) is 0 Å². The topological polar surface area (TPSA) is 32.3 Å². The van der Waals surface area contributed by atoms with Crippen LogP contribution in [0.1, 0.15) is 24.9 Å². The van der Waals surface area contributed by atoms with Gasteiger partial charge in [-0.15, -0.1) is 0 Å². The van der Waals surface area contributed by atoms with E-state index in [4.69, 9.17) is 0 Å². The molecule has 2 nitrogen and oxygen atoms in total. The largest absolute Gasteiger partial charge is 0.394 e. The van der Waals surface area contributed by atoms with E-state index in [0.29, 0.717) is 0 Å². The van der Waals surface area contributed by atoms with Crippen LogP contribution in [0.3, 0.4) is 0 Å². The summed E-state index contributed by atoms with van der Waals surface area (Å²) in [5.41, 5.74) is 1.11. The summed E-state index contributed by atoms with van der Waals surface area (Å²) in [6.07, 6.45) is 1.07. The summed E-state index contributed by atoms with van der Waals surface area (Å²) in [4.78, 5) is 0. The number of halogens is 1. The van der Waals surface area contributed by atoms with Crippen molar-refractivity contribution in [1.29, 1.82) is 0 Å². The molecule has 14 heavy (non-hydrogen) atoms. The van der Waals surface area contributed by atoms with Crippen LogP contribution in [-0.2, 0) is 0 Å². The maximum atomic E-state index is 9.25. The molecule has 0 bridgehead atoms. The number of benzene rings is 1. The number of aliphatic hydroxyl groups is 1. The Hall–Kier alpha value is -0.380. The first-order valence-corrected chi connectivity index (χ1v) is 5.67. The Kier molecular flexibility index (Phi) is 5.15. The Morgan fingerprint density at radius 3 is 2.71 bits per heavy atom. The van der Waals surface area contributed by atoms with Gasteiger partial charge in [-0.3, -0.25) is 0 Å². The predicted octanol–water partition coefficient (Wildman–Crippen LogP) is 2.48. The molecule has 0 amide bonds. The van der Waals surface area contributed by atoms with Gasteiger partial charge in [-0.25, -0.2) is 0 Å². The number of hydrogen-bond acceptors (Lipinski definition) is 2. The smallest absolute Gasteiger partial charge is 0.0626 e. The summed E-state index contributed by atoms with van der Waals surface area (Å²) in [7, 11) is 0. The number of hydrogen-bond donors (Lipinski definition) is 2. The lowest BCUT2D eigenvalue weighted by atomic mass is 10.1. The summed E-state index contributed by atoms with van der Waals surface area (Å²) >= 11 is 3.48. The molecule has 0 saturated heterocycles. The van der Waals surface area contributed by atoms with E-state index in [9.17, 15) is 5.11 Å². The summed E-state index contributed by atoms with van der Waals surface area (Å²) in [5.74, 6) is 0. The fourth-order valence-corrected chi connectivity index (χ4v) is 1.91. The third kappa shape index (κ3) is 3.08. The van der Waals surface area contributed by atoms with E-state index >= 15 is 0 Å². The van der Waals surface area contributed by atoms with Gasteiger partial charge >= 0.3 is 0 Å². The van der Waals surface area contributed by atoms with Crippen LogP contribution >= 0.6 is 15.9 Å². The molecule has 0 aliphatic rings. The van der Waals surface area contributed by atoms with Crippen molar-refractivity contribution in [2.75, 3.05) is 13.2 Å². The second-order valence-corrected chi connectivity index (χ2v) is 4.07. The van der Waals surface area contributed by atoms with Gasteiger partial charge in [0.1, 0.15) is 0 Å². The number of rotatable bonds is 5. The third-order valence-corrected chi connectivity index (χ3v) is 2.83. The highest BCUT2D eigenvalue weighted by molar-refractivity contribution is 9.10. The molecule has 1 atom stereocenters. The lowest BCUT2D eigenvalue weighted by Gasteiger charge is -2.17. The SMILES string of the molecule is CCCNC(CO)c1ccccc1Br. The summed E-state index contributed by atoms with van der Waals surface area (Å²) in [6, 6.07) is 8.00. The van der Waals surface area contributed by atoms with Crippen LogP contribution in [0.25, 0.3) is 0 Å². The maximum absolute atomic E-state index is 9.25. The van der Waals surface area contributed by atoms with Crippen molar-refractivity contribution in [2.45, 2.75) is 19.4 Å². The van der Waals surface area contributed by atoms with Crippen LogP contribution in [0.2, 0.25) is 0 Å². The molecular formula is C11H16BrNO. The van der Waals surface area contributed by atoms with Gasteiger partial charge in [0.25, 0.3) is 0 Å². The van der Waals surface area contributed by atoms with Crippen molar-refractivity contribution >= 4 is 15.9 Å². The van der Waals surface area contributed by atoms with Crippen LogP contribution in [0.5, 0.6) is 0 Å². The van der Waals surface area contributed by atoms with Crippen LogP contribution in [0.15, 0.2) is 28.7 Å². The molecular weight excluding hydrogens is 242 g/mol. The molecule has 0 aliphatic heterocycles. The average Bonchev–Trinajstić information content (AvgIpc) is 2.21. The zero-order valence-electron chi connectivity index (χ0n) is 8.33. The standard InChI is InChI=1S/C11H16BrNO/c1-2-7-13-11(8-14)9-5-3-4-6-10(9)12/h3-6,11,13-14H,2,7-8H2,1H3. The molecule has 0 spiro atoms. The normalized spacial score (nSPS) is 12.8. The van der Waals surface area contributed by atoms with E-state index in [0.717, 1.165) is 23.0 Å². The third-order valence-electron chi connectivity index (χ3n) is 2.10. The van der Waals surface area contributed by atoms with Crippen molar-refractivity contribution in [2.24, 2.45) is 0 Å². The maximum Gasteiger partial charge on any atom is 0.0626 e. The van der Waals surface area contributed by atoms with Gasteiger partial charge in [-0.1, -0.05) is 41.1 Å². The number of aliphatic hydroxyl groups excluding tert-OH is 1. The van der Waals surface area contributed by atoms with Crippen molar-refractivity contribution in [3.8, 4) is 0 Å². The highest BCUT2D eigenvalue weighted by Crippen LogP contribution is 2.22. The van der Waals surface area contributed by atoms with Gasteiger partial charge in [-0.05, 0) is 24.6 Å². The molecule has 78 valence electrons. The Labute approximate surface area is 93.5 Å². The van der Waals surface area contributed by atoms with Gasteiger partial charge in [0.05, 0.1) is 12.6 Å². The van der Waals surface area contributed by atoms with Crippen LogP contribution in [-0.4, -0.2) is 18.3 Å². The molecule has 0 aromatic heterocycles. The molecule has 0 saturated carbocycles. The van der Waals surface area contributed by atoms with Crippen molar-refractivity contribution < 1.29 is 5.11 Å². The van der Waals surface area contributed by atoms with Gasteiger partial charge < -0.3 is 10.4 Å². The van der Waals surface area contributed by atoms with Crippen molar-refractivity contribution in [1.82, 2.24) is 5.32 Å². The summed E-state index contributed by atoms with van der Waals surface area (Å²) in [5, 5.41) is 12.5. The zero-order chi connectivity index (χ0) is 10.4. The van der Waals surface area contributed by atoms with Crippen LogP contribution < -0.4 is 5.32 Å². The van der Waals surface area contributed by atoms with E-state index in [2.05, 4.69) is 28.2 Å². The first-order chi connectivity index (χ1) is 6.79. The Balaban J connectivity index is 2.73. The van der Waals surface area contributed by atoms with E-state index in [1.54, 1.807) is 0 Å². The molecule has 1 aromatic carbocycles. The lowest BCUT2D eigenvalue weighted by molar-refractivity contribution is 0.244. The highest BCUT2D eigenvalue weighted by Gasteiger charge is 2.11. The van der Waals surface area contributed by atoms with E-state index in [1.807, 2.05) is 24.3 Å². The molecule has 0 heterocycles. The second-order valence-electron chi connectivity index (χ2n) is 3.21.